The number of hydrogen-bond acceptors (Lipinski definition) is 4. The largest absolute Gasteiger partial charge is 0.497 e. The van der Waals surface area contributed by atoms with Crippen molar-refractivity contribution in [1.82, 2.24) is 15.2 Å². The standard InChI is InChI=1S/C22H23N3O3/c1-14-19(11-17-9-10-18(28-4)12-20(17)24-14)22(27)25(3)13-15-5-7-16(8-6-15)21(26)23-2/h5-12H,13H2,1-4H3,(H,23,26). The van der Waals surface area contributed by atoms with Crippen LogP contribution in [0.15, 0.2) is 48.5 Å². The van der Waals surface area contributed by atoms with Crippen LogP contribution in [0.2, 0.25) is 0 Å². The lowest BCUT2D eigenvalue weighted by atomic mass is 10.1. The Bertz CT molecular complexity index is 1030. The molecule has 6 heteroatoms. The summed E-state index contributed by atoms with van der Waals surface area (Å²) in [5, 5.41) is 3.48. The van der Waals surface area contributed by atoms with Crippen molar-refractivity contribution in [2.45, 2.75) is 13.5 Å². The summed E-state index contributed by atoms with van der Waals surface area (Å²) in [5.74, 6) is 0.499. The number of rotatable bonds is 5. The van der Waals surface area contributed by atoms with Gasteiger partial charge in [-0.2, -0.15) is 0 Å². The van der Waals surface area contributed by atoms with E-state index >= 15 is 0 Å². The predicted molar refractivity (Wildman–Crippen MR) is 109 cm³/mol. The zero-order chi connectivity index (χ0) is 20.3. The zero-order valence-corrected chi connectivity index (χ0v) is 16.4. The van der Waals surface area contributed by atoms with E-state index in [1.54, 1.807) is 38.2 Å². The highest BCUT2D eigenvalue weighted by molar-refractivity contribution is 5.98. The molecule has 0 atom stereocenters. The second-order valence-corrected chi connectivity index (χ2v) is 6.62. The predicted octanol–water partition coefficient (Wildman–Crippen LogP) is 3.18. The number of nitrogens with zero attached hydrogens (tertiary/aromatic N) is 2. The Morgan fingerprint density at radius 3 is 2.46 bits per heavy atom. The van der Waals surface area contributed by atoms with Gasteiger partial charge in [-0.25, -0.2) is 0 Å². The summed E-state index contributed by atoms with van der Waals surface area (Å²) >= 11 is 0. The number of amides is 2. The number of carbonyl (C=O) groups excluding carboxylic acids is 2. The van der Waals surface area contributed by atoms with Gasteiger partial charge in [0.15, 0.2) is 0 Å². The molecule has 0 aliphatic rings. The second kappa shape index (κ2) is 8.08. The fourth-order valence-electron chi connectivity index (χ4n) is 3.04. The van der Waals surface area contributed by atoms with Crippen molar-refractivity contribution in [1.29, 1.82) is 0 Å². The summed E-state index contributed by atoms with van der Waals surface area (Å²) in [7, 11) is 4.97. The molecule has 2 amide bonds. The molecule has 0 saturated carbocycles. The Balaban J connectivity index is 1.80. The van der Waals surface area contributed by atoms with Crippen LogP contribution in [0.3, 0.4) is 0 Å². The molecule has 6 nitrogen and oxygen atoms in total. The normalized spacial score (nSPS) is 10.6. The second-order valence-electron chi connectivity index (χ2n) is 6.62. The molecule has 0 aliphatic carbocycles. The molecule has 0 bridgehead atoms. The van der Waals surface area contributed by atoms with Crippen LogP contribution in [0.25, 0.3) is 10.9 Å². The highest BCUT2D eigenvalue weighted by Crippen LogP contribution is 2.22. The van der Waals surface area contributed by atoms with Gasteiger partial charge in [-0.05, 0) is 42.8 Å². The van der Waals surface area contributed by atoms with E-state index in [9.17, 15) is 9.59 Å². The maximum Gasteiger partial charge on any atom is 0.255 e. The van der Waals surface area contributed by atoms with Gasteiger partial charge >= 0.3 is 0 Å². The van der Waals surface area contributed by atoms with E-state index in [1.165, 1.54) is 0 Å². The molecule has 2 aromatic carbocycles. The molecule has 3 rings (SSSR count). The fourth-order valence-corrected chi connectivity index (χ4v) is 3.04. The molecule has 0 fully saturated rings. The highest BCUT2D eigenvalue weighted by atomic mass is 16.5. The Hall–Kier alpha value is -3.41. The van der Waals surface area contributed by atoms with Crippen LogP contribution in [-0.4, -0.2) is 42.9 Å². The van der Waals surface area contributed by atoms with Gasteiger partial charge in [0.25, 0.3) is 11.8 Å². The molecule has 0 radical (unpaired) electrons. The lowest BCUT2D eigenvalue weighted by Crippen LogP contribution is -2.27. The Morgan fingerprint density at radius 1 is 1.11 bits per heavy atom. The van der Waals surface area contributed by atoms with E-state index in [0.29, 0.717) is 23.4 Å². The molecule has 144 valence electrons. The summed E-state index contributed by atoms with van der Waals surface area (Å²) in [6.45, 7) is 2.27. The molecule has 0 aliphatic heterocycles. The molecule has 1 N–H and O–H groups in total. The molecule has 1 aromatic heterocycles. The topological polar surface area (TPSA) is 71.5 Å². The van der Waals surface area contributed by atoms with Crippen LogP contribution < -0.4 is 10.1 Å². The third-order valence-corrected chi connectivity index (χ3v) is 4.66. The zero-order valence-electron chi connectivity index (χ0n) is 16.4. The number of hydrogen-bond donors (Lipinski definition) is 1. The monoisotopic (exact) mass is 377 g/mol. The van der Waals surface area contributed by atoms with E-state index in [1.807, 2.05) is 43.3 Å². The van der Waals surface area contributed by atoms with Crippen molar-refractivity contribution >= 4 is 22.7 Å². The van der Waals surface area contributed by atoms with Crippen LogP contribution in [-0.2, 0) is 6.54 Å². The fraction of sp³-hybridized carbons (Fsp3) is 0.227. The maximum atomic E-state index is 13.0. The number of nitrogens with one attached hydrogen (secondary N) is 1. The minimum atomic E-state index is -0.134. The lowest BCUT2D eigenvalue weighted by molar-refractivity contribution is 0.0783. The molecule has 0 unspecified atom stereocenters. The van der Waals surface area contributed by atoms with Gasteiger partial charge < -0.3 is 15.0 Å². The van der Waals surface area contributed by atoms with Crippen molar-refractivity contribution < 1.29 is 14.3 Å². The van der Waals surface area contributed by atoms with Crippen molar-refractivity contribution in [3.8, 4) is 5.75 Å². The summed E-state index contributed by atoms with van der Waals surface area (Å²) in [4.78, 5) is 30.8. The molecular formula is C22H23N3O3. The molecule has 3 aromatic rings. The Kier molecular flexibility index (Phi) is 5.59. The smallest absolute Gasteiger partial charge is 0.255 e. The first kappa shape index (κ1) is 19.4. The third-order valence-electron chi connectivity index (χ3n) is 4.66. The molecule has 28 heavy (non-hydrogen) atoms. The van der Waals surface area contributed by atoms with Crippen molar-refractivity contribution in [3.63, 3.8) is 0 Å². The van der Waals surface area contributed by atoms with Gasteiger partial charge in [-0.1, -0.05) is 12.1 Å². The first-order chi connectivity index (χ1) is 13.4. The van der Waals surface area contributed by atoms with Gasteiger partial charge in [0, 0.05) is 37.7 Å². The molecule has 1 heterocycles. The summed E-state index contributed by atoms with van der Waals surface area (Å²) < 4.78 is 5.23. The molecule has 0 saturated heterocycles. The van der Waals surface area contributed by atoms with E-state index in [2.05, 4.69) is 10.3 Å². The van der Waals surface area contributed by atoms with Crippen molar-refractivity contribution in [2.75, 3.05) is 21.2 Å². The molecule has 0 spiro atoms. The molecular weight excluding hydrogens is 354 g/mol. The van der Waals surface area contributed by atoms with E-state index in [0.717, 1.165) is 22.2 Å². The van der Waals surface area contributed by atoms with Gasteiger partial charge in [0.05, 0.1) is 23.9 Å². The summed E-state index contributed by atoms with van der Waals surface area (Å²) in [6, 6.07) is 14.7. The number of benzene rings is 2. The number of aromatic nitrogens is 1. The van der Waals surface area contributed by atoms with Crippen LogP contribution in [0, 0.1) is 6.92 Å². The lowest BCUT2D eigenvalue weighted by Gasteiger charge is -2.19. The Labute approximate surface area is 164 Å². The number of fused-ring (bicyclic) bond motifs is 1. The average Bonchev–Trinajstić information content (AvgIpc) is 2.72. The minimum absolute atomic E-state index is 0.0990. The minimum Gasteiger partial charge on any atom is -0.497 e. The number of pyridine rings is 1. The SMILES string of the molecule is CNC(=O)c1ccc(CN(C)C(=O)c2cc3ccc(OC)cc3nc2C)cc1. The number of aryl methyl sites for hydroxylation is 1. The van der Waals surface area contributed by atoms with E-state index in [-0.39, 0.29) is 11.8 Å². The van der Waals surface area contributed by atoms with Gasteiger partial charge in [-0.15, -0.1) is 0 Å². The van der Waals surface area contributed by atoms with E-state index in [4.69, 9.17) is 4.74 Å². The number of carbonyl (C=O) groups is 2. The third kappa shape index (κ3) is 3.96. The van der Waals surface area contributed by atoms with E-state index < -0.39 is 0 Å². The van der Waals surface area contributed by atoms with Crippen molar-refractivity contribution in [3.05, 3.63) is 70.9 Å². The first-order valence-electron chi connectivity index (χ1n) is 8.95. The first-order valence-corrected chi connectivity index (χ1v) is 8.95. The van der Waals surface area contributed by atoms with Crippen LogP contribution in [0.1, 0.15) is 32.0 Å². The maximum absolute atomic E-state index is 13.0. The van der Waals surface area contributed by atoms with Crippen molar-refractivity contribution in [2.24, 2.45) is 0 Å². The van der Waals surface area contributed by atoms with Gasteiger partial charge in [-0.3, -0.25) is 14.6 Å². The number of methoxy groups -OCH3 is 1. The quantitative estimate of drug-likeness (QED) is 0.741. The summed E-state index contributed by atoms with van der Waals surface area (Å²) in [5.41, 5.74) is 3.57. The average molecular weight is 377 g/mol. The van der Waals surface area contributed by atoms with Gasteiger partial charge in [0.2, 0.25) is 0 Å². The highest BCUT2D eigenvalue weighted by Gasteiger charge is 2.17. The van der Waals surface area contributed by atoms with Crippen LogP contribution in [0.5, 0.6) is 5.75 Å². The van der Waals surface area contributed by atoms with Crippen LogP contribution >= 0.6 is 0 Å². The number of ether oxygens (including phenoxy) is 1. The summed E-state index contributed by atoms with van der Waals surface area (Å²) in [6.07, 6.45) is 0. The van der Waals surface area contributed by atoms with Gasteiger partial charge in [0.1, 0.15) is 5.75 Å². The van der Waals surface area contributed by atoms with Crippen LogP contribution in [0.4, 0.5) is 0 Å². The Morgan fingerprint density at radius 2 is 1.82 bits per heavy atom.